The Morgan fingerprint density at radius 1 is 1.25 bits per heavy atom. The quantitative estimate of drug-likeness (QED) is 0.707. The van der Waals surface area contributed by atoms with E-state index in [0.717, 1.165) is 35.4 Å². The van der Waals surface area contributed by atoms with Gasteiger partial charge in [0, 0.05) is 6.04 Å². The lowest BCUT2D eigenvalue weighted by Crippen LogP contribution is -2.10. The lowest BCUT2D eigenvalue weighted by molar-refractivity contribution is 0.245. The molecule has 0 aliphatic heterocycles. The fraction of sp³-hybridized carbons (Fsp3) is 0.562. The van der Waals surface area contributed by atoms with Crippen molar-refractivity contribution in [2.45, 2.75) is 58.6 Å². The molecule has 4 heteroatoms. The molecule has 110 valence electrons. The summed E-state index contributed by atoms with van der Waals surface area (Å²) < 4.78 is 8.14. The maximum atomic E-state index is 6.10. The number of rotatable bonds is 6. The largest absolute Gasteiger partial charge is 0.489 e. The van der Waals surface area contributed by atoms with Gasteiger partial charge in [0.2, 0.25) is 0 Å². The standard InChI is InChI=1S/C16H23ClN2O/c1-5-12(6-2)19-13-8-7-9-14(20-11(3)4)16(13)18-15(19)10-17/h7-9,11-12H,5-6,10H2,1-4H3. The van der Waals surface area contributed by atoms with Crippen molar-refractivity contribution in [3.05, 3.63) is 24.0 Å². The van der Waals surface area contributed by atoms with Gasteiger partial charge in [-0.15, -0.1) is 11.6 Å². The lowest BCUT2D eigenvalue weighted by atomic mass is 10.1. The van der Waals surface area contributed by atoms with Crippen molar-refractivity contribution in [1.82, 2.24) is 9.55 Å². The Kier molecular flexibility index (Phi) is 4.92. The van der Waals surface area contributed by atoms with Crippen LogP contribution in [-0.2, 0) is 5.88 Å². The summed E-state index contributed by atoms with van der Waals surface area (Å²) in [4.78, 5) is 4.71. The SMILES string of the molecule is CCC(CC)n1c(CCl)nc2c(OC(C)C)cccc21. The average molecular weight is 295 g/mol. The van der Waals surface area contributed by atoms with Crippen LogP contribution in [0, 0.1) is 0 Å². The van der Waals surface area contributed by atoms with Gasteiger partial charge in [0.15, 0.2) is 0 Å². The van der Waals surface area contributed by atoms with Gasteiger partial charge in [-0.3, -0.25) is 0 Å². The van der Waals surface area contributed by atoms with Crippen LogP contribution in [0.5, 0.6) is 5.75 Å². The highest BCUT2D eigenvalue weighted by molar-refractivity contribution is 6.16. The number of aromatic nitrogens is 2. The first-order chi connectivity index (χ1) is 9.62. The summed E-state index contributed by atoms with van der Waals surface area (Å²) in [5.74, 6) is 2.19. The maximum absolute atomic E-state index is 6.10. The van der Waals surface area contributed by atoms with Gasteiger partial charge in [0.1, 0.15) is 17.1 Å². The molecule has 2 aromatic rings. The molecule has 0 N–H and O–H groups in total. The predicted molar refractivity (Wildman–Crippen MR) is 84.7 cm³/mol. The van der Waals surface area contributed by atoms with Gasteiger partial charge < -0.3 is 9.30 Å². The van der Waals surface area contributed by atoms with Crippen LogP contribution >= 0.6 is 11.6 Å². The van der Waals surface area contributed by atoms with E-state index < -0.39 is 0 Å². The number of imidazole rings is 1. The molecule has 3 nitrogen and oxygen atoms in total. The fourth-order valence-corrected chi connectivity index (χ4v) is 2.83. The Morgan fingerprint density at radius 3 is 2.50 bits per heavy atom. The number of hydrogen-bond acceptors (Lipinski definition) is 2. The second-order valence-electron chi connectivity index (χ2n) is 5.29. The molecule has 20 heavy (non-hydrogen) atoms. The summed E-state index contributed by atoms with van der Waals surface area (Å²) in [6, 6.07) is 6.54. The number of halogens is 1. The number of alkyl halides is 1. The van der Waals surface area contributed by atoms with Gasteiger partial charge >= 0.3 is 0 Å². The third-order valence-electron chi connectivity index (χ3n) is 3.55. The lowest BCUT2D eigenvalue weighted by Gasteiger charge is -2.18. The average Bonchev–Trinajstić information content (AvgIpc) is 2.80. The summed E-state index contributed by atoms with van der Waals surface area (Å²) in [7, 11) is 0. The van der Waals surface area contributed by atoms with Crippen LogP contribution in [-0.4, -0.2) is 15.7 Å². The Hall–Kier alpha value is -1.22. The first-order valence-electron chi connectivity index (χ1n) is 7.34. The summed E-state index contributed by atoms with van der Waals surface area (Å²) >= 11 is 6.10. The molecule has 0 saturated carbocycles. The molecule has 0 aliphatic rings. The van der Waals surface area contributed by atoms with Crippen LogP contribution in [0.15, 0.2) is 18.2 Å². The van der Waals surface area contributed by atoms with Crippen molar-refractivity contribution in [2.75, 3.05) is 0 Å². The van der Waals surface area contributed by atoms with Gasteiger partial charge in [-0.05, 0) is 38.8 Å². The molecule has 0 radical (unpaired) electrons. The van der Waals surface area contributed by atoms with Crippen LogP contribution in [0.25, 0.3) is 11.0 Å². The highest BCUT2D eigenvalue weighted by atomic mass is 35.5. The molecule has 0 bridgehead atoms. The van der Waals surface area contributed by atoms with Crippen molar-refractivity contribution in [2.24, 2.45) is 0 Å². The Labute approximate surface area is 125 Å². The summed E-state index contributed by atoms with van der Waals surface area (Å²) in [6.45, 7) is 8.46. The normalized spacial score (nSPS) is 11.8. The van der Waals surface area contributed by atoms with E-state index in [2.05, 4.69) is 24.5 Å². The highest BCUT2D eigenvalue weighted by Crippen LogP contribution is 2.31. The fourth-order valence-electron chi connectivity index (χ4n) is 2.64. The Morgan fingerprint density at radius 2 is 1.95 bits per heavy atom. The zero-order chi connectivity index (χ0) is 14.7. The number of ether oxygens (including phenoxy) is 1. The van der Waals surface area contributed by atoms with Gasteiger partial charge in [-0.1, -0.05) is 19.9 Å². The van der Waals surface area contributed by atoms with Crippen LogP contribution in [0.4, 0.5) is 0 Å². The maximum Gasteiger partial charge on any atom is 0.147 e. The number of fused-ring (bicyclic) bond motifs is 1. The molecule has 0 unspecified atom stereocenters. The van der Waals surface area contributed by atoms with Crippen LogP contribution in [0.3, 0.4) is 0 Å². The molecule has 1 aromatic heterocycles. The molecule has 0 amide bonds. The smallest absolute Gasteiger partial charge is 0.147 e. The summed E-state index contributed by atoms with van der Waals surface area (Å²) in [5, 5.41) is 0. The Balaban J connectivity index is 2.62. The van der Waals surface area contributed by atoms with E-state index in [4.69, 9.17) is 21.3 Å². The predicted octanol–water partition coefficient (Wildman–Crippen LogP) is 4.92. The third kappa shape index (κ3) is 2.78. The monoisotopic (exact) mass is 294 g/mol. The first kappa shape index (κ1) is 15.2. The van der Waals surface area contributed by atoms with Crippen molar-refractivity contribution in [3.8, 4) is 5.75 Å². The van der Waals surface area contributed by atoms with Crippen molar-refractivity contribution >= 4 is 22.6 Å². The van der Waals surface area contributed by atoms with Crippen LogP contribution in [0.2, 0.25) is 0 Å². The van der Waals surface area contributed by atoms with E-state index in [9.17, 15) is 0 Å². The second kappa shape index (κ2) is 6.49. The van der Waals surface area contributed by atoms with Crippen LogP contribution < -0.4 is 4.74 Å². The molecule has 1 aromatic carbocycles. The number of para-hydroxylation sites is 1. The third-order valence-corrected chi connectivity index (χ3v) is 3.79. The van der Waals surface area contributed by atoms with E-state index in [1.165, 1.54) is 0 Å². The van der Waals surface area contributed by atoms with Gasteiger partial charge in [0.05, 0.1) is 17.5 Å². The van der Waals surface area contributed by atoms with E-state index in [1.807, 2.05) is 26.0 Å². The minimum absolute atomic E-state index is 0.137. The van der Waals surface area contributed by atoms with Crippen molar-refractivity contribution in [1.29, 1.82) is 0 Å². The van der Waals surface area contributed by atoms with Crippen LogP contribution in [0.1, 0.15) is 52.4 Å². The molecule has 0 aliphatic carbocycles. The molecule has 0 spiro atoms. The zero-order valence-corrected chi connectivity index (χ0v) is 13.4. The number of hydrogen-bond donors (Lipinski definition) is 0. The number of benzene rings is 1. The number of nitrogens with zero attached hydrogens (tertiary/aromatic N) is 2. The second-order valence-corrected chi connectivity index (χ2v) is 5.56. The summed E-state index contributed by atoms with van der Waals surface area (Å²) in [6.07, 6.45) is 2.28. The Bertz CT molecular complexity index is 573. The zero-order valence-electron chi connectivity index (χ0n) is 12.7. The van der Waals surface area contributed by atoms with Gasteiger partial charge in [-0.2, -0.15) is 0 Å². The van der Waals surface area contributed by atoms with E-state index >= 15 is 0 Å². The molecule has 0 saturated heterocycles. The molecule has 2 rings (SSSR count). The first-order valence-corrected chi connectivity index (χ1v) is 7.88. The highest BCUT2D eigenvalue weighted by Gasteiger charge is 2.18. The van der Waals surface area contributed by atoms with Gasteiger partial charge in [0.25, 0.3) is 0 Å². The minimum atomic E-state index is 0.137. The summed E-state index contributed by atoms with van der Waals surface area (Å²) in [5.41, 5.74) is 2.04. The van der Waals surface area contributed by atoms with E-state index in [1.54, 1.807) is 0 Å². The molecular formula is C16H23ClN2O. The molecular weight excluding hydrogens is 272 g/mol. The van der Waals surface area contributed by atoms with Gasteiger partial charge in [-0.25, -0.2) is 4.98 Å². The molecule has 0 fully saturated rings. The van der Waals surface area contributed by atoms with Crippen molar-refractivity contribution in [3.63, 3.8) is 0 Å². The van der Waals surface area contributed by atoms with Crippen molar-refractivity contribution < 1.29 is 4.74 Å². The minimum Gasteiger partial charge on any atom is -0.489 e. The topological polar surface area (TPSA) is 27.1 Å². The van der Waals surface area contributed by atoms with E-state index in [0.29, 0.717) is 11.9 Å². The molecule has 0 atom stereocenters. The molecule has 1 heterocycles. The van der Waals surface area contributed by atoms with E-state index in [-0.39, 0.29) is 6.10 Å².